The fourth-order valence-electron chi connectivity index (χ4n) is 2.84. The van der Waals surface area contributed by atoms with Crippen LogP contribution in [0.5, 0.6) is 0 Å². The molecule has 4 rings (SSSR count). The third-order valence-corrected chi connectivity index (χ3v) is 5.57. The minimum absolute atomic E-state index is 0.0191. The highest BCUT2D eigenvalue weighted by Crippen LogP contribution is 2.28. The highest BCUT2D eigenvalue weighted by atomic mass is 32.2. The third-order valence-electron chi connectivity index (χ3n) is 4.11. The molecule has 25 heavy (non-hydrogen) atoms. The summed E-state index contributed by atoms with van der Waals surface area (Å²) in [5.41, 5.74) is 1.92. The van der Waals surface area contributed by atoms with Gasteiger partial charge in [-0.1, -0.05) is 60.7 Å². The van der Waals surface area contributed by atoms with Crippen molar-refractivity contribution < 1.29 is 8.95 Å². The Bertz CT molecular complexity index is 923. The lowest BCUT2D eigenvalue weighted by Gasteiger charge is -2.09. The quantitative estimate of drug-likeness (QED) is 0.703. The van der Waals surface area contributed by atoms with Crippen LogP contribution in [-0.4, -0.2) is 16.7 Å². The normalized spacial score (nSPS) is 17.6. The molecule has 0 spiro atoms. The Hall–Kier alpha value is -2.72. The van der Waals surface area contributed by atoms with Crippen LogP contribution in [0.25, 0.3) is 0 Å². The maximum atomic E-state index is 13.0. The number of hydrogen-bond donors (Lipinski definition) is 0. The summed E-state index contributed by atoms with van der Waals surface area (Å²) in [6.45, 7) is 0.506. The van der Waals surface area contributed by atoms with E-state index in [-0.39, 0.29) is 6.04 Å². The van der Waals surface area contributed by atoms with E-state index in [0.717, 1.165) is 20.9 Å². The number of nitrogens with zero attached hydrogens (tertiary/aromatic N) is 1. The van der Waals surface area contributed by atoms with Crippen LogP contribution < -0.4 is 0 Å². The van der Waals surface area contributed by atoms with Gasteiger partial charge in [-0.25, -0.2) is 9.20 Å². The Kier molecular flexibility index (Phi) is 4.44. The molecule has 0 aromatic heterocycles. The van der Waals surface area contributed by atoms with Crippen LogP contribution in [0.3, 0.4) is 0 Å². The molecule has 0 saturated heterocycles. The van der Waals surface area contributed by atoms with Crippen LogP contribution in [0.2, 0.25) is 0 Å². The van der Waals surface area contributed by atoms with Crippen molar-refractivity contribution in [3.05, 3.63) is 96.1 Å². The monoisotopic (exact) mass is 347 g/mol. The van der Waals surface area contributed by atoms with Gasteiger partial charge >= 0.3 is 0 Å². The predicted octanol–water partition coefficient (Wildman–Crippen LogP) is 4.37. The Morgan fingerprint density at radius 2 is 1.48 bits per heavy atom. The van der Waals surface area contributed by atoms with Gasteiger partial charge in [0.05, 0.1) is 21.3 Å². The third kappa shape index (κ3) is 3.26. The first-order valence-corrected chi connectivity index (χ1v) is 9.29. The average Bonchev–Trinajstić information content (AvgIpc) is 3.19. The summed E-state index contributed by atoms with van der Waals surface area (Å²) in [7, 11) is -1.27. The van der Waals surface area contributed by atoms with Crippen molar-refractivity contribution in [2.45, 2.75) is 15.8 Å². The van der Waals surface area contributed by atoms with Gasteiger partial charge in [0.25, 0.3) is 0 Å². The molecule has 3 aromatic rings. The smallest absolute Gasteiger partial charge is 0.218 e. The zero-order valence-electron chi connectivity index (χ0n) is 13.5. The molecule has 0 saturated carbocycles. The minimum Gasteiger partial charge on any atom is -0.475 e. The van der Waals surface area contributed by atoms with Gasteiger partial charge in [-0.2, -0.15) is 0 Å². The SMILES string of the molecule is O=[S@@](c1ccccc1)c1ccccc1C1=N[C@@H](c2ccccc2)CO1. The standard InChI is InChI=1S/C21H17NO2S/c23-25(17-11-5-2-6-12-17)20-14-8-7-13-18(20)21-22-19(15-24-21)16-9-3-1-4-10-16/h1-14,19H,15H2/t19-,25+/m1/s1. The van der Waals surface area contributed by atoms with Crippen LogP contribution in [0.1, 0.15) is 17.2 Å². The molecule has 124 valence electrons. The first-order valence-electron chi connectivity index (χ1n) is 8.15. The number of aliphatic imine (C=N–C) groups is 1. The lowest BCUT2D eigenvalue weighted by atomic mass is 10.1. The Labute approximate surface area is 149 Å². The number of benzene rings is 3. The summed E-state index contributed by atoms with van der Waals surface area (Å²) in [6, 6.07) is 27.1. The van der Waals surface area contributed by atoms with Crippen molar-refractivity contribution in [2.75, 3.05) is 6.61 Å². The van der Waals surface area contributed by atoms with Gasteiger partial charge in [0.15, 0.2) is 0 Å². The average molecular weight is 347 g/mol. The number of ether oxygens (including phenoxy) is 1. The molecule has 1 aliphatic heterocycles. The molecule has 3 nitrogen and oxygen atoms in total. The van der Waals surface area contributed by atoms with Gasteiger partial charge in [0.1, 0.15) is 12.6 Å². The fraction of sp³-hybridized carbons (Fsp3) is 0.0952. The highest BCUT2D eigenvalue weighted by molar-refractivity contribution is 7.85. The van der Waals surface area contributed by atoms with E-state index in [1.807, 2.05) is 72.8 Å². The van der Waals surface area contributed by atoms with Crippen molar-refractivity contribution >= 4 is 16.7 Å². The molecular weight excluding hydrogens is 330 g/mol. The second-order valence-corrected chi connectivity index (χ2v) is 7.20. The van der Waals surface area contributed by atoms with Gasteiger partial charge in [-0.15, -0.1) is 0 Å². The molecule has 0 N–H and O–H groups in total. The second kappa shape index (κ2) is 7.03. The van der Waals surface area contributed by atoms with Crippen molar-refractivity contribution in [3.63, 3.8) is 0 Å². The molecule has 0 radical (unpaired) electrons. The summed E-state index contributed by atoms with van der Waals surface area (Å²) in [5, 5.41) is 0. The van der Waals surface area contributed by atoms with Crippen LogP contribution in [0, 0.1) is 0 Å². The zero-order valence-corrected chi connectivity index (χ0v) is 14.4. The molecular formula is C21H17NO2S. The van der Waals surface area contributed by atoms with Gasteiger partial charge in [0.2, 0.25) is 5.90 Å². The summed E-state index contributed by atoms with van der Waals surface area (Å²) in [4.78, 5) is 6.22. The van der Waals surface area contributed by atoms with E-state index in [0.29, 0.717) is 12.5 Å². The van der Waals surface area contributed by atoms with E-state index in [2.05, 4.69) is 12.1 Å². The van der Waals surface area contributed by atoms with Crippen LogP contribution in [0.15, 0.2) is 99.7 Å². The lowest BCUT2D eigenvalue weighted by molar-refractivity contribution is 0.319. The van der Waals surface area contributed by atoms with Gasteiger partial charge in [-0.3, -0.25) is 0 Å². The Morgan fingerprint density at radius 3 is 2.24 bits per heavy atom. The van der Waals surface area contributed by atoms with Gasteiger partial charge < -0.3 is 4.74 Å². The minimum atomic E-state index is -1.27. The maximum Gasteiger partial charge on any atom is 0.218 e. The van der Waals surface area contributed by atoms with Crippen molar-refractivity contribution in [3.8, 4) is 0 Å². The number of hydrogen-bond acceptors (Lipinski definition) is 3. The maximum absolute atomic E-state index is 13.0. The van der Waals surface area contributed by atoms with Crippen LogP contribution in [-0.2, 0) is 15.5 Å². The zero-order chi connectivity index (χ0) is 17.1. The largest absolute Gasteiger partial charge is 0.475 e. The van der Waals surface area contributed by atoms with E-state index in [1.54, 1.807) is 0 Å². The molecule has 0 amide bonds. The van der Waals surface area contributed by atoms with Crippen molar-refractivity contribution in [1.82, 2.24) is 0 Å². The first kappa shape index (κ1) is 15.8. The van der Waals surface area contributed by atoms with E-state index in [9.17, 15) is 4.21 Å². The Balaban J connectivity index is 1.69. The van der Waals surface area contributed by atoms with Crippen molar-refractivity contribution in [1.29, 1.82) is 0 Å². The second-order valence-electron chi connectivity index (χ2n) is 5.75. The number of rotatable bonds is 4. The molecule has 4 heteroatoms. The fourth-order valence-corrected chi connectivity index (χ4v) is 4.06. The topological polar surface area (TPSA) is 38.7 Å². The summed E-state index contributed by atoms with van der Waals surface area (Å²) >= 11 is 0. The van der Waals surface area contributed by atoms with E-state index in [1.165, 1.54) is 0 Å². The van der Waals surface area contributed by atoms with Gasteiger partial charge in [0, 0.05) is 4.90 Å². The first-order chi connectivity index (χ1) is 12.3. The molecule has 2 atom stereocenters. The van der Waals surface area contributed by atoms with Gasteiger partial charge in [-0.05, 0) is 29.8 Å². The predicted molar refractivity (Wildman–Crippen MR) is 99.2 cm³/mol. The van der Waals surface area contributed by atoms with E-state index in [4.69, 9.17) is 9.73 Å². The molecule has 0 unspecified atom stereocenters. The molecule has 0 bridgehead atoms. The summed E-state index contributed by atoms with van der Waals surface area (Å²) in [5.74, 6) is 0.564. The molecule has 0 fully saturated rings. The molecule has 3 aromatic carbocycles. The van der Waals surface area contributed by atoms with Crippen molar-refractivity contribution in [2.24, 2.45) is 4.99 Å². The van der Waals surface area contributed by atoms with E-state index < -0.39 is 10.8 Å². The molecule has 0 aliphatic carbocycles. The molecule has 1 heterocycles. The molecule has 1 aliphatic rings. The summed E-state index contributed by atoms with van der Waals surface area (Å²) in [6.07, 6.45) is 0. The Morgan fingerprint density at radius 1 is 0.840 bits per heavy atom. The van der Waals surface area contributed by atoms with E-state index >= 15 is 0 Å². The highest BCUT2D eigenvalue weighted by Gasteiger charge is 2.24. The van der Waals surface area contributed by atoms with Crippen LogP contribution in [0.4, 0.5) is 0 Å². The van der Waals surface area contributed by atoms with Crippen LogP contribution >= 0.6 is 0 Å². The lowest BCUT2D eigenvalue weighted by Crippen LogP contribution is -2.07. The summed E-state index contributed by atoms with van der Waals surface area (Å²) < 4.78 is 18.8.